The molecule has 0 saturated heterocycles. The molecule has 0 aromatic carbocycles. The van der Waals surface area contributed by atoms with Crippen molar-refractivity contribution in [1.29, 1.82) is 0 Å². The molecule has 0 radical (unpaired) electrons. The van der Waals surface area contributed by atoms with E-state index in [1.54, 1.807) is 40.5 Å². The molecule has 0 fully saturated rings. The van der Waals surface area contributed by atoms with Crippen LogP contribution < -0.4 is 0 Å². The van der Waals surface area contributed by atoms with E-state index >= 15 is 0 Å². The Morgan fingerprint density at radius 2 is 1.52 bits per heavy atom. The summed E-state index contributed by atoms with van der Waals surface area (Å²) in [4.78, 5) is 16.7. The molecular weight excluding hydrogens is 292 g/mol. The number of aromatic nitrogens is 8. The number of pyridine rings is 2. The van der Waals surface area contributed by atoms with Crippen LogP contribution in [0.1, 0.15) is 0 Å². The minimum atomic E-state index is 0.426. The number of nitrogens with zero attached hydrogens (tertiary/aromatic N) is 8. The van der Waals surface area contributed by atoms with E-state index in [0.717, 1.165) is 17.0 Å². The summed E-state index contributed by atoms with van der Waals surface area (Å²) in [5, 5.41) is 8.72. The van der Waals surface area contributed by atoms with Gasteiger partial charge in [0.1, 0.15) is 19.3 Å². The lowest BCUT2D eigenvalue weighted by atomic mass is 10.2. The molecule has 0 aliphatic heterocycles. The molecule has 0 aliphatic carbocycles. The molecule has 8 nitrogen and oxygen atoms in total. The summed E-state index contributed by atoms with van der Waals surface area (Å²) in [6.45, 7) is 0.426. The summed E-state index contributed by atoms with van der Waals surface area (Å²) in [6.07, 6.45) is 10.0. The Morgan fingerprint density at radius 1 is 0.826 bits per heavy atom. The molecule has 0 unspecified atom stereocenters. The van der Waals surface area contributed by atoms with Crippen molar-refractivity contribution in [3.05, 3.63) is 61.7 Å². The Bertz CT molecular complexity index is 884. The minimum Gasteiger partial charge on any atom is -0.265 e. The molecule has 0 N–H and O–H groups in total. The van der Waals surface area contributed by atoms with Crippen LogP contribution in [-0.2, 0) is 6.67 Å². The fourth-order valence-electron chi connectivity index (χ4n) is 2.22. The maximum atomic E-state index is 4.67. The third kappa shape index (κ3) is 2.69. The maximum Gasteiger partial charge on any atom is 0.181 e. The van der Waals surface area contributed by atoms with Gasteiger partial charge in [-0.25, -0.2) is 19.3 Å². The third-order valence-electron chi connectivity index (χ3n) is 3.29. The van der Waals surface area contributed by atoms with Gasteiger partial charge in [0.15, 0.2) is 11.6 Å². The Labute approximate surface area is 131 Å². The molecular formula is C15H12N8. The highest BCUT2D eigenvalue weighted by Gasteiger charge is 2.13. The van der Waals surface area contributed by atoms with Crippen LogP contribution in [0, 0.1) is 0 Å². The van der Waals surface area contributed by atoms with Crippen molar-refractivity contribution in [2.75, 3.05) is 0 Å². The minimum absolute atomic E-state index is 0.426. The fourth-order valence-corrected chi connectivity index (χ4v) is 2.22. The molecule has 4 rings (SSSR count). The second-order valence-corrected chi connectivity index (χ2v) is 4.81. The largest absolute Gasteiger partial charge is 0.265 e. The Morgan fingerprint density at radius 3 is 2.17 bits per heavy atom. The summed E-state index contributed by atoms with van der Waals surface area (Å²) in [5.74, 6) is 1.38. The summed E-state index contributed by atoms with van der Waals surface area (Å²) in [5.41, 5.74) is 1.85. The van der Waals surface area contributed by atoms with Gasteiger partial charge in [0, 0.05) is 35.9 Å². The topological polar surface area (TPSA) is 87.2 Å². The zero-order valence-corrected chi connectivity index (χ0v) is 12.1. The quantitative estimate of drug-likeness (QED) is 0.568. The highest BCUT2D eigenvalue weighted by Crippen LogP contribution is 2.21. The first-order valence-corrected chi connectivity index (χ1v) is 6.98. The molecule has 112 valence electrons. The smallest absolute Gasteiger partial charge is 0.181 e. The average Bonchev–Trinajstić information content (AvgIpc) is 3.27. The lowest BCUT2D eigenvalue weighted by Crippen LogP contribution is -2.11. The third-order valence-corrected chi connectivity index (χ3v) is 3.29. The second kappa shape index (κ2) is 5.76. The van der Waals surface area contributed by atoms with Crippen molar-refractivity contribution in [2.45, 2.75) is 6.67 Å². The molecule has 0 spiro atoms. The van der Waals surface area contributed by atoms with Gasteiger partial charge >= 0.3 is 0 Å². The standard InChI is InChI=1S/C15H12N8/c1-5-16-6-2-12(1)14-20-15(13-3-7-17-8-4-13)23(21-14)11-22-10-18-9-19-22/h1-10H,11H2. The van der Waals surface area contributed by atoms with Crippen LogP contribution >= 0.6 is 0 Å². The van der Waals surface area contributed by atoms with Gasteiger partial charge in [-0.15, -0.1) is 5.10 Å². The van der Waals surface area contributed by atoms with Crippen LogP contribution in [0.25, 0.3) is 22.8 Å². The van der Waals surface area contributed by atoms with Crippen LogP contribution in [0.5, 0.6) is 0 Å². The number of hydrogen-bond acceptors (Lipinski definition) is 6. The summed E-state index contributed by atoms with van der Waals surface area (Å²) < 4.78 is 3.48. The van der Waals surface area contributed by atoms with Gasteiger partial charge in [-0.05, 0) is 24.3 Å². The first kappa shape index (κ1) is 13.3. The van der Waals surface area contributed by atoms with Crippen LogP contribution in [0.4, 0.5) is 0 Å². The van der Waals surface area contributed by atoms with Crippen LogP contribution in [0.15, 0.2) is 61.7 Å². The van der Waals surface area contributed by atoms with Crippen molar-refractivity contribution in [1.82, 2.24) is 39.5 Å². The number of rotatable bonds is 4. The lowest BCUT2D eigenvalue weighted by Gasteiger charge is -2.05. The molecule has 0 aliphatic rings. The van der Waals surface area contributed by atoms with E-state index in [1.807, 2.05) is 24.3 Å². The van der Waals surface area contributed by atoms with Crippen molar-refractivity contribution < 1.29 is 0 Å². The normalized spacial score (nSPS) is 10.8. The van der Waals surface area contributed by atoms with Crippen molar-refractivity contribution in [3.63, 3.8) is 0 Å². The van der Waals surface area contributed by atoms with Gasteiger partial charge < -0.3 is 0 Å². The van der Waals surface area contributed by atoms with Gasteiger partial charge in [-0.3, -0.25) is 9.97 Å². The highest BCUT2D eigenvalue weighted by atomic mass is 15.5. The van der Waals surface area contributed by atoms with Crippen LogP contribution in [-0.4, -0.2) is 39.5 Å². The van der Waals surface area contributed by atoms with Gasteiger partial charge in [-0.1, -0.05) is 0 Å². The van der Waals surface area contributed by atoms with Crippen molar-refractivity contribution in [3.8, 4) is 22.8 Å². The zero-order valence-electron chi connectivity index (χ0n) is 12.1. The molecule has 0 bridgehead atoms. The van der Waals surface area contributed by atoms with Crippen molar-refractivity contribution in [2.24, 2.45) is 0 Å². The molecule has 0 amide bonds. The molecule has 4 heterocycles. The van der Waals surface area contributed by atoms with E-state index in [-0.39, 0.29) is 0 Å². The van der Waals surface area contributed by atoms with Crippen molar-refractivity contribution >= 4 is 0 Å². The van der Waals surface area contributed by atoms with E-state index < -0.39 is 0 Å². The fraction of sp³-hybridized carbons (Fsp3) is 0.0667. The maximum absolute atomic E-state index is 4.67. The average molecular weight is 304 g/mol. The summed E-state index contributed by atoms with van der Waals surface area (Å²) in [7, 11) is 0. The Kier molecular flexibility index (Phi) is 3.32. The molecule has 23 heavy (non-hydrogen) atoms. The van der Waals surface area contributed by atoms with E-state index in [2.05, 4.69) is 30.1 Å². The predicted molar refractivity (Wildman–Crippen MR) is 81.9 cm³/mol. The first-order chi connectivity index (χ1) is 11.4. The van der Waals surface area contributed by atoms with Gasteiger partial charge in [0.05, 0.1) is 0 Å². The van der Waals surface area contributed by atoms with Crippen LogP contribution in [0.3, 0.4) is 0 Å². The van der Waals surface area contributed by atoms with E-state index in [1.165, 1.54) is 6.33 Å². The molecule has 0 saturated carbocycles. The lowest BCUT2D eigenvalue weighted by molar-refractivity contribution is 0.506. The first-order valence-electron chi connectivity index (χ1n) is 6.98. The second-order valence-electron chi connectivity index (χ2n) is 4.81. The zero-order chi connectivity index (χ0) is 15.5. The van der Waals surface area contributed by atoms with E-state index in [9.17, 15) is 0 Å². The molecule has 8 heteroatoms. The number of hydrogen-bond donors (Lipinski definition) is 0. The Hall–Kier alpha value is -3.42. The SMILES string of the molecule is c1cc(-c2nc(-c3ccncc3)n(Cn3cncn3)n2)ccn1. The van der Waals surface area contributed by atoms with Gasteiger partial charge in [0.25, 0.3) is 0 Å². The Balaban J connectivity index is 1.80. The molecule has 0 atom stereocenters. The predicted octanol–water partition coefficient (Wildman–Crippen LogP) is 1.50. The van der Waals surface area contributed by atoms with E-state index in [0.29, 0.717) is 12.5 Å². The summed E-state index contributed by atoms with van der Waals surface area (Å²) in [6, 6.07) is 7.56. The van der Waals surface area contributed by atoms with E-state index in [4.69, 9.17) is 0 Å². The van der Waals surface area contributed by atoms with Gasteiger partial charge in [0.2, 0.25) is 0 Å². The van der Waals surface area contributed by atoms with Crippen LogP contribution in [0.2, 0.25) is 0 Å². The molecule has 4 aromatic heterocycles. The highest BCUT2D eigenvalue weighted by molar-refractivity contribution is 5.60. The molecule has 4 aromatic rings. The summed E-state index contributed by atoms with van der Waals surface area (Å²) >= 11 is 0. The monoisotopic (exact) mass is 304 g/mol. The van der Waals surface area contributed by atoms with Gasteiger partial charge in [-0.2, -0.15) is 5.10 Å².